The molecule has 4 heteroatoms. The molecule has 220 valence electrons. The Morgan fingerprint density at radius 1 is 0.447 bits per heavy atom. The predicted octanol–water partition coefficient (Wildman–Crippen LogP) is 12.3. The molecule has 10 rings (SSSR count). The first-order chi connectivity index (χ1) is 23.3. The molecule has 0 radical (unpaired) electrons. The predicted molar refractivity (Wildman–Crippen MR) is 194 cm³/mol. The van der Waals surface area contributed by atoms with Gasteiger partial charge in [0.1, 0.15) is 16.7 Å². The van der Waals surface area contributed by atoms with E-state index in [4.69, 9.17) is 13.8 Å². The molecule has 0 aliphatic heterocycles. The van der Waals surface area contributed by atoms with E-state index in [0.29, 0.717) is 5.89 Å². The molecule has 0 amide bonds. The minimum absolute atomic E-state index is 0.624. The topological polar surface area (TPSA) is 42.4 Å². The monoisotopic (exact) mass is 602 g/mol. The molecule has 0 spiro atoms. The minimum Gasteiger partial charge on any atom is -0.456 e. The van der Waals surface area contributed by atoms with E-state index in [0.717, 1.165) is 77.2 Å². The Kier molecular flexibility index (Phi) is 5.54. The molecule has 0 unspecified atom stereocenters. The lowest BCUT2D eigenvalue weighted by Gasteiger charge is -2.27. The second kappa shape index (κ2) is 10.1. The number of fused-ring (bicyclic) bond motifs is 9. The van der Waals surface area contributed by atoms with Crippen molar-refractivity contribution in [2.45, 2.75) is 0 Å². The van der Waals surface area contributed by atoms with Crippen molar-refractivity contribution in [3.63, 3.8) is 0 Å². The van der Waals surface area contributed by atoms with Gasteiger partial charge >= 0.3 is 0 Å². The number of benzene rings is 8. The Bertz CT molecular complexity index is 2810. The SMILES string of the molecule is c1ccc(-c2nc3ccc4ccc5ccc(N(c6ccc7oc8ccccc8c7c6)c6cccc7ccccc67)cc5c4c3o2)cc1. The van der Waals surface area contributed by atoms with Gasteiger partial charge in [0.2, 0.25) is 5.89 Å². The molecule has 0 saturated heterocycles. The fraction of sp³-hybridized carbons (Fsp3) is 0. The lowest BCUT2D eigenvalue weighted by atomic mass is 9.99. The number of furan rings is 1. The Morgan fingerprint density at radius 2 is 1.11 bits per heavy atom. The summed E-state index contributed by atoms with van der Waals surface area (Å²) >= 11 is 0. The number of oxazole rings is 1. The molecule has 0 N–H and O–H groups in total. The maximum absolute atomic E-state index is 6.55. The molecule has 4 nitrogen and oxygen atoms in total. The molecule has 2 aromatic heterocycles. The average Bonchev–Trinajstić information content (AvgIpc) is 3.74. The van der Waals surface area contributed by atoms with E-state index in [2.05, 4.69) is 120 Å². The minimum atomic E-state index is 0.624. The third-order valence-corrected chi connectivity index (χ3v) is 9.24. The Balaban J connectivity index is 1.25. The molecule has 0 bridgehead atoms. The number of nitrogens with zero attached hydrogens (tertiary/aromatic N) is 2. The fourth-order valence-electron chi connectivity index (χ4n) is 7.04. The van der Waals surface area contributed by atoms with Crippen molar-refractivity contribution >= 4 is 82.4 Å². The van der Waals surface area contributed by atoms with Crippen LogP contribution >= 0.6 is 0 Å². The molecule has 0 atom stereocenters. The van der Waals surface area contributed by atoms with E-state index in [9.17, 15) is 0 Å². The standard InChI is InChI=1S/C43H26N2O2/c1-2-10-30(11-3-1)43-44-37-23-20-29-18-17-28-19-21-31(25-35(28)41(29)42(37)47-43)45(38-15-8-12-27-9-4-5-13-33(27)38)32-22-24-40-36(26-32)34-14-6-7-16-39(34)46-40/h1-26H. The molecule has 10 aromatic rings. The van der Waals surface area contributed by atoms with Gasteiger partial charge in [0.25, 0.3) is 0 Å². The number of hydrogen-bond donors (Lipinski definition) is 0. The fourth-order valence-corrected chi connectivity index (χ4v) is 7.04. The van der Waals surface area contributed by atoms with Crippen LogP contribution < -0.4 is 4.90 Å². The van der Waals surface area contributed by atoms with Crippen LogP contribution in [0.1, 0.15) is 0 Å². The molecule has 0 aliphatic rings. The molecular formula is C43H26N2O2. The maximum Gasteiger partial charge on any atom is 0.227 e. The van der Waals surface area contributed by atoms with Crippen LogP contribution in [0, 0.1) is 0 Å². The van der Waals surface area contributed by atoms with Crippen molar-refractivity contribution < 1.29 is 8.83 Å². The van der Waals surface area contributed by atoms with Crippen LogP contribution in [0.5, 0.6) is 0 Å². The highest BCUT2D eigenvalue weighted by atomic mass is 16.3. The third kappa shape index (κ3) is 4.05. The zero-order chi connectivity index (χ0) is 30.9. The van der Waals surface area contributed by atoms with Crippen LogP contribution in [0.3, 0.4) is 0 Å². The van der Waals surface area contributed by atoms with Crippen LogP contribution in [-0.2, 0) is 0 Å². The largest absolute Gasteiger partial charge is 0.456 e. The van der Waals surface area contributed by atoms with Gasteiger partial charge < -0.3 is 13.7 Å². The molecule has 0 aliphatic carbocycles. The van der Waals surface area contributed by atoms with Gasteiger partial charge in [-0.25, -0.2) is 4.98 Å². The first-order valence-electron chi connectivity index (χ1n) is 15.8. The third-order valence-electron chi connectivity index (χ3n) is 9.24. The zero-order valence-corrected chi connectivity index (χ0v) is 25.2. The lowest BCUT2D eigenvalue weighted by molar-refractivity contribution is 0.623. The summed E-state index contributed by atoms with van der Waals surface area (Å²) in [5.74, 6) is 0.624. The van der Waals surface area contributed by atoms with Gasteiger partial charge in [-0.1, -0.05) is 97.1 Å². The normalized spacial score (nSPS) is 11.8. The Labute approximate surface area is 269 Å². The van der Waals surface area contributed by atoms with Crippen molar-refractivity contribution in [2.24, 2.45) is 0 Å². The summed E-state index contributed by atoms with van der Waals surface area (Å²) in [7, 11) is 0. The van der Waals surface area contributed by atoms with Gasteiger partial charge in [0, 0.05) is 38.5 Å². The van der Waals surface area contributed by atoms with E-state index in [1.54, 1.807) is 0 Å². The summed E-state index contributed by atoms with van der Waals surface area (Å²) in [6, 6.07) is 55.1. The maximum atomic E-state index is 6.55. The number of rotatable bonds is 4. The van der Waals surface area contributed by atoms with Crippen LogP contribution in [0.4, 0.5) is 17.1 Å². The molecular weight excluding hydrogens is 576 g/mol. The summed E-state index contributed by atoms with van der Waals surface area (Å²) in [5, 5.41) is 8.98. The zero-order valence-electron chi connectivity index (χ0n) is 25.2. The van der Waals surface area contributed by atoms with Crippen LogP contribution in [0.15, 0.2) is 167 Å². The Hall–Kier alpha value is -6.39. The van der Waals surface area contributed by atoms with E-state index < -0.39 is 0 Å². The second-order valence-corrected chi connectivity index (χ2v) is 12.0. The lowest BCUT2D eigenvalue weighted by Crippen LogP contribution is -2.10. The molecule has 47 heavy (non-hydrogen) atoms. The molecule has 8 aromatic carbocycles. The first-order valence-corrected chi connectivity index (χ1v) is 15.8. The van der Waals surface area contributed by atoms with Crippen LogP contribution in [0.2, 0.25) is 0 Å². The average molecular weight is 603 g/mol. The summed E-state index contributed by atoms with van der Waals surface area (Å²) in [4.78, 5) is 7.25. The number of hydrogen-bond acceptors (Lipinski definition) is 4. The van der Waals surface area contributed by atoms with Crippen LogP contribution in [-0.4, -0.2) is 4.98 Å². The van der Waals surface area contributed by atoms with Crippen molar-refractivity contribution in [1.82, 2.24) is 4.98 Å². The van der Waals surface area contributed by atoms with Gasteiger partial charge in [-0.2, -0.15) is 0 Å². The van der Waals surface area contributed by atoms with Crippen molar-refractivity contribution in [3.8, 4) is 11.5 Å². The Morgan fingerprint density at radius 3 is 2.02 bits per heavy atom. The van der Waals surface area contributed by atoms with Gasteiger partial charge in [-0.15, -0.1) is 0 Å². The summed E-state index contributed by atoms with van der Waals surface area (Å²) in [5.41, 5.74) is 7.57. The van der Waals surface area contributed by atoms with E-state index in [-0.39, 0.29) is 0 Å². The summed E-state index contributed by atoms with van der Waals surface area (Å²) in [6.45, 7) is 0. The van der Waals surface area contributed by atoms with E-state index in [1.165, 1.54) is 10.8 Å². The van der Waals surface area contributed by atoms with Gasteiger partial charge in [-0.3, -0.25) is 0 Å². The number of aromatic nitrogens is 1. The van der Waals surface area contributed by atoms with Gasteiger partial charge in [0.15, 0.2) is 5.58 Å². The van der Waals surface area contributed by atoms with Crippen LogP contribution in [0.25, 0.3) is 76.8 Å². The van der Waals surface area contributed by atoms with Crippen molar-refractivity contribution in [3.05, 3.63) is 158 Å². The smallest absolute Gasteiger partial charge is 0.227 e. The number of para-hydroxylation sites is 1. The first kappa shape index (κ1) is 25.9. The highest BCUT2D eigenvalue weighted by molar-refractivity contribution is 6.19. The summed E-state index contributed by atoms with van der Waals surface area (Å²) in [6.07, 6.45) is 0. The molecule has 2 heterocycles. The number of anilines is 3. The highest BCUT2D eigenvalue weighted by Gasteiger charge is 2.19. The van der Waals surface area contributed by atoms with Gasteiger partial charge in [0.05, 0.1) is 5.69 Å². The van der Waals surface area contributed by atoms with Crippen molar-refractivity contribution in [2.75, 3.05) is 4.90 Å². The summed E-state index contributed by atoms with van der Waals surface area (Å²) < 4.78 is 12.8. The van der Waals surface area contributed by atoms with Crippen molar-refractivity contribution in [1.29, 1.82) is 0 Å². The molecule has 0 saturated carbocycles. The highest BCUT2D eigenvalue weighted by Crippen LogP contribution is 2.43. The second-order valence-electron chi connectivity index (χ2n) is 12.0. The van der Waals surface area contributed by atoms with Gasteiger partial charge in [-0.05, 0) is 82.2 Å². The van der Waals surface area contributed by atoms with E-state index in [1.807, 2.05) is 42.5 Å². The quantitative estimate of drug-likeness (QED) is 0.188. The molecule has 0 fully saturated rings. The van der Waals surface area contributed by atoms with E-state index >= 15 is 0 Å².